The third kappa shape index (κ3) is 2.83. The van der Waals surface area contributed by atoms with Crippen LogP contribution in [0.1, 0.15) is 28.7 Å². The second kappa shape index (κ2) is 6.06. The predicted molar refractivity (Wildman–Crippen MR) is 82.8 cm³/mol. The molecular formula is C17H21N3. The molecule has 1 aromatic heterocycles. The lowest BCUT2D eigenvalue weighted by molar-refractivity contribution is 0.687. The van der Waals surface area contributed by atoms with Crippen molar-refractivity contribution in [3.8, 4) is 0 Å². The van der Waals surface area contributed by atoms with Gasteiger partial charge in [-0.15, -0.1) is 0 Å². The summed E-state index contributed by atoms with van der Waals surface area (Å²) < 4.78 is 0. The van der Waals surface area contributed by atoms with Crippen LogP contribution in [-0.4, -0.2) is 11.5 Å². The van der Waals surface area contributed by atoms with E-state index in [2.05, 4.69) is 46.8 Å². The summed E-state index contributed by atoms with van der Waals surface area (Å²) in [5, 5.41) is 7.08. The standard InChI is InChI=1S/C17H21N3/c1-13-10-18-9-7-15(13)11-19-12-16-5-2-4-14-6-3-8-20-17(14)16/h2,4-5,7,9-10,19-20H,3,6,8,11-12H2,1H3. The van der Waals surface area contributed by atoms with Gasteiger partial charge in [0.2, 0.25) is 0 Å². The summed E-state index contributed by atoms with van der Waals surface area (Å²) in [4.78, 5) is 4.13. The predicted octanol–water partition coefficient (Wildman–Crippen LogP) is 3.04. The number of pyridine rings is 1. The molecule has 0 radical (unpaired) electrons. The Balaban J connectivity index is 1.66. The maximum Gasteiger partial charge on any atom is 0.0418 e. The van der Waals surface area contributed by atoms with Gasteiger partial charge < -0.3 is 10.6 Å². The Bertz CT molecular complexity index is 593. The number of anilines is 1. The van der Waals surface area contributed by atoms with Crippen LogP contribution >= 0.6 is 0 Å². The highest BCUT2D eigenvalue weighted by atomic mass is 14.9. The summed E-state index contributed by atoms with van der Waals surface area (Å²) in [6, 6.07) is 8.70. The highest BCUT2D eigenvalue weighted by Gasteiger charge is 2.11. The molecule has 2 heterocycles. The molecule has 3 rings (SSSR count). The van der Waals surface area contributed by atoms with Gasteiger partial charge in [-0.1, -0.05) is 18.2 Å². The topological polar surface area (TPSA) is 37.0 Å². The minimum absolute atomic E-state index is 0.887. The highest BCUT2D eigenvalue weighted by Crippen LogP contribution is 2.25. The number of rotatable bonds is 4. The van der Waals surface area contributed by atoms with Gasteiger partial charge in [0.25, 0.3) is 0 Å². The lowest BCUT2D eigenvalue weighted by Crippen LogP contribution is -2.18. The Hall–Kier alpha value is -1.87. The first-order valence-electron chi connectivity index (χ1n) is 7.29. The van der Waals surface area contributed by atoms with E-state index < -0.39 is 0 Å². The second-order valence-electron chi connectivity index (χ2n) is 5.39. The van der Waals surface area contributed by atoms with Gasteiger partial charge in [0.05, 0.1) is 0 Å². The molecule has 0 bridgehead atoms. The zero-order chi connectivity index (χ0) is 13.8. The lowest BCUT2D eigenvalue weighted by Gasteiger charge is -2.21. The molecule has 0 amide bonds. The molecule has 0 aliphatic carbocycles. The van der Waals surface area contributed by atoms with E-state index in [9.17, 15) is 0 Å². The molecule has 0 unspecified atom stereocenters. The van der Waals surface area contributed by atoms with E-state index in [1.165, 1.54) is 40.8 Å². The van der Waals surface area contributed by atoms with Crippen molar-refractivity contribution in [2.75, 3.05) is 11.9 Å². The molecule has 3 heteroatoms. The van der Waals surface area contributed by atoms with E-state index in [-0.39, 0.29) is 0 Å². The normalized spacial score (nSPS) is 13.7. The number of para-hydroxylation sites is 1. The van der Waals surface area contributed by atoms with E-state index in [4.69, 9.17) is 0 Å². The fourth-order valence-corrected chi connectivity index (χ4v) is 2.76. The maximum atomic E-state index is 4.13. The van der Waals surface area contributed by atoms with E-state index in [0.29, 0.717) is 0 Å². The van der Waals surface area contributed by atoms with Crippen LogP contribution in [0.2, 0.25) is 0 Å². The Morgan fingerprint density at radius 1 is 1.20 bits per heavy atom. The molecule has 0 atom stereocenters. The molecule has 0 saturated heterocycles. The number of aryl methyl sites for hydroxylation is 2. The number of aromatic nitrogens is 1. The van der Waals surface area contributed by atoms with Crippen molar-refractivity contribution >= 4 is 5.69 Å². The molecule has 104 valence electrons. The molecule has 0 spiro atoms. The Kier molecular flexibility index (Phi) is 3.97. The van der Waals surface area contributed by atoms with Crippen LogP contribution < -0.4 is 10.6 Å². The Morgan fingerprint density at radius 2 is 2.10 bits per heavy atom. The summed E-state index contributed by atoms with van der Waals surface area (Å²) >= 11 is 0. The van der Waals surface area contributed by atoms with E-state index in [1.54, 1.807) is 0 Å². The zero-order valence-electron chi connectivity index (χ0n) is 11.9. The third-order valence-electron chi connectivity index (χ3n) is 3.93. The van der Waals surface area contributed by atoms with Gasteiger partial charge in [0.1, 0.15) is 0 Å². The van der Waals surface area contributed by atoms with Crippen molar-refractivity contribution in [3.05, 3.63) is 58.9 Å². The molecule has 2 N–H and O–H groups in total. The third-order valence-corrected chi connectivity index (χ3v) is 3.93. The van der Waals surface area contributed by atoms with Crippen molar-refractivity contribution in [2.45, 2.75) is 32.9 Å². The van der Waals surface area contributed by atoms with Crippen molar-refractivity contribution in [1.29, 1.82) is 0 Å². The number of nitrogens with zero attached hydrogens (tertiary/aromatic N) is 1. The summed E-state index contributed by atoms with van der Waals surface area (Å²) in [5.74, 6) is 0. The first-order valence-corrected chi connectivity index (χ1v) is 7.29. The molecule has 3 nitrogen and oxygen atoms in total. The maximum absolute atomic E-state index is 4.13. The molecule has 0 saturated carbocycles. The number of nitrogens with one attached hydrogen (secondary N) is 2. The quantitative estimate of drug-likeness (QED) is 0.894. The monoisotopic (exact) mass is 267 g/mol. The number of hydrogen-bond donors (Lipinski definition) is 2. The Labute approximate surface area is 120 Å². The Morgan fingerprint density at radius 3 is 3.00 bits per heavy atom. The van der Waals surface area contributed by atoms with Crippen molar-refractivity contribution < 1.29 is 0 Å². The highest BCUT2D eigenvalue weighted by molar-refractivity contribution is 5.59. The van der Waals surface area contributed by atoms with Crippen LogP contribution in [0.15, 0.2) is 36.7 Å². The van der Waals surface area contributed by atoms with Gasteiger partial charge in [-0.3, -0.25) is 4.98 Å². The van der Waals surface area contributed by atoms with Crippen LogP contribution in [0.5, 0.6) is 0 Å². The summed E-state index contributed by atoms with van der Waals surface area (Å²) in [6.45, 7) is 4.99. The van der Waals surface area contributed by atoms with Crippen LogP contribution in [-0.2, 0) is 19.5 Å². The van der Waals surface area contributed by atoms with Crippen LogP contribution in [0.3, 0.4) is 0 Å². The van der Waals surface area contributed by atoms with Gasteiger partial charge in [0.15, 0.2) is 0 Å². The molecule has 1 aliphatic rings. The van der Waals surface area contributed by atoms with E-state index in [0.717, 1.165) is 19.6 Å². The van der Waals surface area contributed by atoms with Crippen molar-refractivity contribution in [2.24, 2.45) is 0 Å². The van der Waals surface area contributed by atoms with E-state index in [1.807, 2.05) is 12.4 Å². The largest absolute Gasteiger partial charge is 0.385 e. The van der Waals surface area contributed by atoms with Gasteiger partial charge in [-0.25, -0.2) is 0 Å². The van der Waals surface area contributed by atoms with Crippen LogP contribution in [0, 0.1) is 6.92 Å². The van der Waals surface area contributed by atoms with Gasteiger partial charge in [-0.05, 0) is 48.1 Å². The van der Waals surface area contributed by atoms with Crippen LogP contribution in [0.4, 0.5) is 5.69 Å². The second-order valence-corrected chi connectivity index (χ2v) is 5.39. The molecule has 20 heavy (non-hydrogen) atoms. The van der Waals surface area contributed by atoms with Crippen molar-refractivity contribution in [1.82, 2.24) is 10.3 Å². The minimum atomic E-state index is 0.887. The summed E-state index contributed by atoms with van der Waals surface area (Å²) in [5.41, 5.74) is 6.73. The fraction of sp³-hybridized carbons (Fsp3) is 0.353. The molecular weight excluding hydrogens is 246 g/mol. The number of benzene rings is 1. The first kappa shape index (κ1) is 13.1. The summed E-state index contributed by atoms with van der Waals surface area (Å²) in [6.07, 6.45) is 6.21. The average molecular weight is 267 g/mol. The van der Waals surface area contributed by atoms with Crippen molar-refractivity contribution in [3.63, 3.8) is 0 Å². The smallest absolute Gasteiger partial charge is 0.0418 e. The van der Waals surface area contributed by atoms with Gasteiger partial charge in [0, 0.05) is 37.7 Å². The molecule has 1 aliphatic heterocycles. The van der Waals surface area contributed by atoms with Gasteiger partial charge in [-0.2, -0.15) is 0 Å². The SMILES string of the molecule is Cc1cnccc1CNCc1cccc2c1NCCC2. The zero-order valence-corrected chi connectivity index (χ0v) is 11.9. The number of hydrogen-bond acceptors (Lipinski definition) is 3. The average Bonchev–Trinajstić information content (AvgIpc) is 2.49. The number of fused-ring (bicyclic) bond motifs is 1. The van der Waals surface area contributed by atoms with Crippen LogP contribution in [0.25, 0.3) is 0 Å². The van der Waals surface area contributed by atoms with Gasteiger partial charge >= 0.3 is 0 Å². The molecule has 2 aromatic rings. The minimum Gasteiger partial charge on any atom is -0.385 e. The fourth-order valence-electron chi connectivity index (χ4n) is 2.76. The van der Waals surface area contributed by atoms with E-state index >= 15 is 0 Å². The molecule has 1 aromatic carbocycles. The first-order chi connectivity index (χ1) is 9.84. The summed E-state index contributed by atoms with van der Waals surface area (Å²) in [7, 11) is 0. The lowest BCUT2D eigenvalue weighted by atomic mass is 9.99. The molecule has 0 fully saturated rings.